The Morgan fingerprint density at radius 3 is 2.24 bits per heavy atom. The highest BCUT2D eigenvalue weighted by atomic mass is 19.1. The van der Waals surface area contributed by atoms with E-state index < -0.39 is 0 Å². The molecule has 3 N–H and O–H groups in total. The van der Waals surface area contributed by atoms with Crippen molar-refractivity contribution in [3.8, 4) is 0 Å². The zero-order valence-electron chi connectivity index (χ0n) is 13.1. The lowest BCUT2D eigenvalue weighted by atomic mass is 9.91. The van der Waals surface area contributed by atoms with E-state index in [9.17, 15) is 4.39 Å². The van der Waals surface area contributed by atoms with Gasteiger partial charge in [-0.3, -0.25) is 11.3 Å². The molecule has 0 aromatic heterocycles. The molecule has 0 aliphatic carbocycles. The molecule has 112 valence electrons. The van der Waals surface area contributed by atoms with Crippen LogP contribution in [0.5, 0.6) is 0 Å². The van der Waals surface area contributed by atoms with Gasteiger partial charge in [-0.15, -0.1) is 0 Å². The van der Waals surface area contributed by atoms with E-state index in [-0.39, 0.29) is 11.9 Å². The number of hydrazine groups is 1. The monoisotopic (exact) mass is 286 g/mol. The van der Waals surface area contributed by atoms with E-state index in [0.717, 1.165) is 0 Å². The smallest absolute Gasteiger partial charge is 0.130 e. The van der Waals surface area contributed by atoms with Crippen LogP contribution in [0.4, 0.5) is 4.39 Å². The van der Waals surface area contributed by atoms with Crippen molar-refractivity contribution >= 4 is 0 Å². The van der Waals surface area contributed by atoms with E-state index in [1.165, 1.54) is 22.3 Å². The summed E-state index contributed by atoms with van der Waals surface area (Å²) in [5.41, 5.74) is 8.95. The summed E-state index contributed by atoms with van der Waals surface area (Å²) in [4.78, 5) is 0. The molecule has 0 aliphatic rings. The standard InChI is InChI=1S/C18H23FN2/c1-11-8-13(3)16(14(4)9-11)10-17(21-20)15-7-5-6-12(2)18(15)19/h5-9,17,21H,10,20H2,1-4H3. The van der Waals surface area contributed by atoms with E-state index in [4.69, 9.17) is 5.84 Å². The molecule has 3 heteroatoms. The SMILES string of the molecule is Cc1cc(C)c(CC(NN)c2cccc(C)c2F)c(C)c1. The van der Waals surface area contributed by atoms with Gasteiger partial charge < -0.3 is 0 Å². The fourth-order valence-electron chi connectivity index (χ4n) is 2.93. The summed E-state index contributed by atoms with van der Waals surface area (Å²) in [6.45, 7) is 8.04. The molecular weight excluding hydrogens is 263 g/mol. The van der Waals surface area contributed by atoms with Gasteiger partial charge in [0.25, 0.3) is 0 Å². The lowest BCUT2D eigenvalue weighted by molar-refractivity contribution is 0.506. The van der Waals surface area contributed by atoms with Crippen LogP contribution in [-0.2, 0) is 6.42 Å². The van der Waals surface area contributed by atoms with Gasteiger partial charge >= 0.3 is 0 Å². The lowest BCUT2D eigenvalue weighted by Gasteiger charge is -2.21. The first-order valence-electron chi connectivity index (χ1n) is 7.22. The number of benzene rings is 2. The minimum absolute atomic E-state index is 0.178. The molecule has 0 fully saturated rings. The summed E-state index contributed by atoms with van der Waals surface area (Å²) in [6.07, 6.45) is 0.675. The second-order valence-electron chi connectivity index (χ2n) is 5.78. The van der Waals surface area contributed by atoms with Gasteiger partial charge in [0.15, 0.2) is 0 Å². The summed E-state index contributed by atoms with van der Waals surface area (Å²) in [7, 11) is 0. The number of nitrogens with one attached hydrogen (secondary N) is 1. The second-order valence-corrected chi connectivity index (χ2v) is 5.78. The predicted octanol–water partition coefficient (Wildman–Crippen LogP) is 3.81. The summed E-state index contributed by atoms with van der Waals surface area (Å²) < 4.78 is 14.3. The summed E-state index contributed by atoms with van der Waals surface area (Å²) in [6, 6.07) is 9.52. The second kappa shape index (κ2) is 6.37. The van der Waals surface area contributed by atoms with E-state index >= 15 is 0 Å². The molecule has 2 aromatic rings. The Labute approximate surface area is 126 Å². The normalized spacial score (nSPS) is 12.5. The number of halogens is 1. The van der Waals surface area contributed by atoms with Crippen molar-refractivity contribution in [2.24, 2.45) is 5.84 Å². The molecule has 1 unspecified atom stereocenters. The van der Waals surface area contributed by atoms with Crippen LogP contribution in [0.25, 0.3) is 0 Å². The maximum Gasteiger partial charge on any atom is 0.130 e. The molecule has 0 saturated heterocycles. The average Bonchev–Trinajstić information content (AvgIpc) is 2.42. The lowest BCUT2D eigenvalue weighted by Crippen LogP contribution is -2.30. The van der Waals surface area contributed by atoms with Gasteiger partial charge in [-0.25, -0.2) is 4.39 Å². The van der Waals surface area contributed by atoms with Gasteiger partial charge in [0.1, 0.15) is 5.82 Å². The van der Waals surface area contributed by atoms with Crippen LogP contribution < -0.4 is 11.3 Å². The maximum atomic E-state index is 14.3. The Bertz CT molecular complexity index is 627. The molecule has 2 nitrogen and oxygen atoms in total. The van der Waals surface area contributed by atoms with Crippen LogP contribution in [-0.4, -0.2) is 0 Å². The van der Waals surface area contributed by atoms with Crippen molar-refractivity contribution in [3.63, 3.8) is 0 Å². The van der Waals surface area contributed by atoms with Crippen molar-refractivity contribution in [2.75, 3.05) is 0 Å². The van der Waals surface area contributed by atoms with Gasteiger partial charge in [-0.05, 0) is 56.4 Å². The van der Waals surface area contributed by atoms with Gasteiger partial charge in [0.05, 0.1) is 6.04 Å². The van der Waals surface area contributed by atoms with Gasteiger partial charge in [0, 0.05) is 5.56 Å². The first-order chi connectivity index (χ1) is 9.93. The number of rotatable bonds is 4. The van der Waals surface area contributed by atoms with Crippen molar-refractivity contribution in [1.29, 1.82) is 0 Å². The molecule has 0 heterocycles. The first kappa shape index (κ1) is 15.7. The Morgan fingerprint density at radius 2 is 1.67 bits per heavy atom. The Morgan fingerprint density at radius 1 is 1.05 bits per heavy atom. The number of nitrogens with two attached hydrogens (primary N) is 1. The summed E-state index contributed by atoms with van der Waals surface area (Å²) >= 11 is 0. The molecule has 0 aliphatic heterocycles. The Hall–Kier alpha value is -1.71. The third kappa shape index (κ3) is 3.31. The quantitative estimate of drug-likeness (QED) is 0.662. The highest BCUT2D eigenvalue weighted by molar-refractivity contribution is 5.39. The van der Waals surface area contributed by atoms with E-state index in [0.29, 0.717) is 17.5 Å². The number of aryl methyl sites for hydroxylation is 4. The van der Waals surface area contributed by atoms with Crippen molar-refractivity contribution in [2.45, 2.75) is 40.2 Å². The van der Waals surface area contributed by atoms with Crippen LogP contribution in [0.3, 0.4) is 0 Å². The van der Waals surface area contributed by atoms with Gasteiger partial charge in [-0.1, -0.05) is 35.9 Å². The highest BCUT2D eigenvalue weighted by Crippen LogP contribution is 2.26. The summed E-state index contributed by atoms with van der Waals surface area (Å²) in [5, 5.41) is 0. The van der Waals surface area contributed by atoms with E-state index in [1.807, 2.05) is 6.07 Å². The number of hydrogen-bond acceptors (Lipinski definition) is 2. The first-order valence-corrected chi connectivity index (χ1v) is 7.22. The molecule has 0 bridgehead atoms. The number of hydrogen-bond donors (Lipinski definition) is 2. The molecule has 0 amide bonds. The van der Waals surface area contributed by atoms with E-state index in [2.05, 4.69) is 38.3 Å². The van der Waals surface area contributed by atoms with Crippen LogP contribution in [0.1, 0.15) is 39.4 Å². The highest BCUT2D eigenvalue weighted by Gasteiger charge is 2.18. The Balaban J connectivity index is 2.38. The van der Waals surface area contributed by atoms with Crippen molar-refractivity contribution in [3.05, 3.63) is 69.5 Å². The van der Waals surface area contributed by atoms with Crippen LogP contribution in [0.2, 0.25) is 0 Å². The van der Waals surface area contributed by atoms with Crippen molar-refractivity contribution in [1.82, 2.24) is 5.43 Å². The third-order valence-electron chi connectivity index (χ3n) is 4.05. The van der Waals surface area contributed by atoms with Gasteiger partial charge in [-0.2, -0.15) is 0 Å². The molecule has 21 heavy (non-hydrogen) atoms. The van der Waals surface area contributed by atoms with Gasteiger partial charge in [0.2, 0.25) is 0 Å². The largest absolute Gasteiger partial charge is 0.271 e. The topological polar surface area (TPSA) is 38.0 Å². The zero-order valence-corrected chi connectivity index (χ0v) is 13.1. The molecule has 0 radical (unpaired) electrons. The Kier molecular flexibility index (Phi) is 4.76. The van der Waals surface area contributed by atoms with Crippen LogP contribution in [0.15, 0.2) is 30.3 Å². The zero-order chi connectivity index (χ0) is 15.6. The molecule has 2 aromatic carbocycles. The molecule has 0 saturated carbocycles. The third-order valence-corrected chi connectivity index (χ3v) is 4.05. The average molecular weight is 286 g/mol. The maximum absolute atomic E-state index is 14.3. The predicted molar refractivity (Wildman–Crippen MR) is 85.6 cm³/mol. The van der Waals surface area contributed by atoms with Crippen LogP contribution in [0, 0.1) is 33.5 Å². The molecular formula is C18H23FN2. The molecule has 0 spiro atoms. The summed E-state index contributed by atoms with van der Waals surface area (Å²) in [5.74, 6) is 5.51. The minimum atomic E-state index is -0.231. The fraction of sp³-hybridized carbons (Fsp3) is 0.333. The van der Waals surface area contributed by atoms with Crippen LogP contribution >= 0.6 is 0 Å². The van der Waals surface area contributed by atoms with Crippen molar-refractivity contribution < 1.29 is 4.39 Å². The van der Waals surface area contributed by atoms with E-state index in [1.54, 1.807) is 19.1 Å². The minimum Gasteiger partial charge on any atom is -0.271 e. The fourth-order valence-corrected chi connectivity index (χ4v) is 2.93. The molecule has 1 atom stereocenters. The molecule has 2 rings (SSSR count).